The number of aliphatic hydroxyl groups is 3. The number of hydrogen-bond acceptors (Lipinski definition) is 10. The third-order valence-corrected chi connectivity index (χ3v) is 7.96. The fourth-order valence-corrected chi connectivity index (χ4v) is 5.64. The van der Waals surface area contributed by atoms with Gasteiger partial charge in [-0.1, -0.05) is 60.7 Å². The fraction of sp³-hybridized carbons (Fsp3) is 0.414. The van der Waals surface area contributed by atoms with E-state index in [2.05, 4.69) is 44.8 Å². The highest BCUT2D eigenvalue weighted by Gasteiger charge is 2.44. The number of aliphatic hydroxyl groups excluding tert-OH is 3. The first-order valence-corrected chi connectivity index (χ1v) is 13.7. The third kappa shape index (κ3) is 5.02. The van der Waals surface area contributed by atoms with Crippen molar-refractivity contribution >= 4 is 22.9 Å². The number of rotatable bonds is 9. The Morgan fingerprint density at radius 1 is 1.00 bits per heavy atom. The van der Waals surface area contributed by atoms with Gasteiger partial charge in [0, 0.05) is 31.6 Å². The number of fused-ring (bicyclic) bond motifs is 1. The molecule has 2 fully saturated rings. The summed E-state index contributed by atoms with van der Waals surface area (Å²) in [7, 11) is 1.95. The zero-order valence-corrected chi connectivity index (χ0v) is 22.3. The Morgan fingerprint density at radius 2 is 1.70 bits per heavy atom. The van der Waals surface area contributed by atoms with Gasteiger partial charge >= 0.3 is 0 Å². The smallest absolute Gasteiger partial charge is 0.229 e. The van der Waals surface area contributed by atoms with Gasteiger partial charge in [-0.25, -0.2) is 4.98 Å². The Bertz CT molecular complexity index is 1380. The Balaban J connectivity index is 1.38. The molecule has 2 saturated heterocycles. The molecule has 0 bridgehead atoms. The number of imidazole rings is 1. The molecule has 2 aromatic carbocycles. The molecule has 0 spiro atoms. The molecule has 0 radical (unpaired) electrons. The van der Waals surface area contributed by atoms with Crippen molar-refractivity contribution in [1.82, 2.24) is 24.8 Å². The van der Waals surface area contributed by atoms with Crippen molar-refractivity contribution in [3.05, 3.63) is 78.1 Å². The minimum atomic E-state index is -1.25. The van der Waals surface area contributed by atoms with Crippen LogP contribution in [0.1, 0.15) is 29.7 Å². The average molecular weight is 546 g/mol. The molecular weight excluding hydrogens is 510 g/mol. The van der Waals surface area contributed by atoms with Crippen LogP contribution in [0.25, 0.3) is 11.2 Å². The van der Waals surface area contributed by atoms with Gasteiger partial charge in [-0.05, 0) is 24.6 Å². The van der Waals surface area contributed by atoms with Gasteiger partial charge in [0.15, 0.2) is 23.2 Å². The Morgan fingerprint density at radius 3 is 2.30 bits per heavy atom. The lowest BCUT2D eigenvalue weighted by molar-refractivity contribution is -0.0511. The normalized spacial score (nSPS) is 24.8. The topological polar surface area (TPSA) is 141 Å². The van der Waals surface area contributed by atoms with Gasteiger partial charge in [0.1, 0.15) is 18.3 Å². The summed E-state index contributed by atoms with van der Waals surface area (Å²) in [5.41, 5.74) is 3.37. The van der Waals surface area contributed by atoms with Crippen molar-refractivity contribution in [3.8, 4) is 0 Å². The van der Waals surface area contributed by atoms with Crippen LogP contribution in [0.4, 0.5) is 11.8 Å². The quantitative estimate of drug-likeness (QED) is 0.210. The van der Waals surface area contributed by atoms with E-state index in [-0.39, 0.29) is 5.92 Å². The maximum atomic E-state index is 10.7. The molecule has 210 valence electrons. The fourth-order valence-electron chi connectivity index (χ4n) is 5.64. The van der Waals surface area contributed by atoms with Crippen LogP contribution in [0.5, 0.6) is 0 Å². The van der Waals surface area contributed by atoms with Crippen LogP contribution < -0.4 is 15.5 Å². The number of ether oxygens (including phenoxy) is 1. The second-order valence-corrected chi connectivity index (χ2v) is 10.4. The number of hydrogen-bond donors (Lipinski definition) is 5. The van der Waals surface area contributed by atoms with Gasteiger partial charge in [-0.15, -0.1) is 0 Å². The lowest BCUT2D eigenvalue weighted by atomic mass is 9.91. The summed E-state index contributed by atoms with van der Waals surface area (Å²) >= 11 is 0. The summed E-state index contributed by atoms with van der Waals surface area (Å²) in [6.45, 7) is 1.72. The molecule has 40 heavy (non-hydrogen) atoms. The van der Waals surface area contributed by atoms with E-state index in [1.807, 2.05) is 43.4 Å². The number of anilines is 2. The first-order chi connectivity index (χ1) is 19.6. The first-order valence-electron chi connectivity index (χ1n) is 13.7. The van der Waals surface area contributed by atoms with E-state index >= 15 is 0 Å². The van der Waals surface area contributed by atoms with Crippen LogP contribution in [0, 0.1) is 0 Å². The molecule has 0 saturated carbocycles. The molecule has 5 N–H and O–H groups in total. The van der Waals surface area contributed by atoms with Crippen LogP contribution in [0.3, 0.4) is 0 Å². The van der Waals surface area contributed by atoms with Crippen LogP contribution in [0.15, 0.2) is 67.0 Å². The van der Waals surface area contributed by atoms with E-state index in [0.717, 1.165) is 19.5 Å². The second kappa shape index (κ2) is 11.5. The molecule has 11 heteroatoms. The molecule has 0 unspecified atom stereocenters. The molecular formula is C29H35N7O4. The van der Waals surface area contributed by atoms with E-state index in [9.17, 15) is 15.3 Å². The monoisotopic (exact) mass is 545 g/mol. The van der Waals surface area contributed by atoms with Crippen molar-refractivity contribution in [2.75, 3.05) is 43.5 Å². The highest BCUT2D eigenvalue weighted by molar-refractivity contribution is 5.84. The lowest BCUT2D eigenvalue weighted by Crippen LogP contribution is -2.33. The standard InChI is InChI=1S/C29H35N7O4/c1-30-20-12-13-35(15-20)29-33-26(31-14-21(18-8-4-2-5-9-18)19-10-6-3-7-11-19)23-27(34-29)36(17-32-23)28-25(39)24(38)22(16-37)40-28/h2-11,17,20-22,24-25,28,30,37-39H,12-16H2,1H3,(H,31,33,34)/t20-,22+,24+,25+,28+/m0/s1. The van der Waals surface area contributed by atoms with Gasteiger partial charge in [0.2, 0.25) is 5.95 Å². The third-order valence-electron chi connectivity index (χ3n) is 7.96. The number of aromatic nitrogens is 4. The van der Waals surface area contributed by atoms with E-state index in [1.165, 1.54) is 11.1 Å². The van der Waals surface area contributed by atoms with Crippen LogP contribution in [0.2, 0.25) is 0 Å². The lowest BCUT2D eigenvalue weighted by Gasteiger charge is -2.22. The largest absolute Gasteiger partial charge is 0.394 e. The van der Waals surface area contributed by atoms with Gasteiger partial charge in [0.05, 0.1) is 12.9 Å². The molecule has 2 aliphatic rings. The van der Waals surface area contributed by atoms with Crippen molar-refractivity contribution in [1.29, 1.82) is 0 Å². The SMILES string of the molecule is CN[C@H]1CCN(c2nc(NCC(c3ccccc3)c3ccccc3)c3ncn([C@@H]4O[C@H](CO)[C@@H](O)[C@H]4O)c3n2)C1. The number of benzene rings is 2. The summed E-state index contributed by atoms with van der Waals surface area (Å²) in [6.07, 6.45) is -1.80. The highest BCUT2D eigenvalue weighted by Crippen LogP contribution is 2.34. The first kappa shape index (κ1) is 26.6. The number of likely N-dealkylation sites (N-methyl/N-ethyl adjacent to an activating group) is 1. The van der Waals surface area contributed by atoms with E-state index < -0.39 is 31.1 Å². The van der Waals surface area contributed by atoms with Gasteiger partial charge in [-0.2, -0.15) is 9.97 Å². The zero-order chi connectivity index (χ0) is 27.6. The van der Waals surface area contributed by atoms with Crippen molar-refractivity contribution in [2.24, 2.45) is 0 Å². The van der Waals surface area contributed by atoms with Crippen molar-refractivity contribution in [3.63, 3.8) is 0 Å². The average Bonchev–Trinajstić information content (AvgIpc) is 3.72. The van der Waals surface area contributed by atoms with Crippen LogP contribution >= 0.6 is 0 Å². The molecule has 2 aromatic heterocycles. The maximum Gasteiger partial charge on any atom is 0.229 e. The van der Waals surface area contributed by atoms with E-state index in [4.69, 9.17) is 14.7 Å². The molecule has 2 aliphatic heterocycles. The molecule has 11 nitrogen and oxygen atoms in total. The van der Waals surface area contributed by atoms with Crippen LogP contribution in [-0.2, 0) is 4.74 Å². The maximum absolute atomic E-state index is 10.7. The van der Waals surface area contributed by atoms with E-state index in [0.29, 0.717) is 35.5 Å². The predicted molar refractivity (Wildman–Crippen MR) is 151 cm³/mol. The Kier molecular flexibility index (Phi) is 7.63. The summed E-state index contributed by atoms with van der Waals surface area (Å²) in [6, 6.07) is 21.0. The van der Waals surface area contributed by atoms with Gasteiger partial charge in [0.25, 0.3) is 0 Å². The van der Waals surface area contributed by atoms with Gasteiger partial charge < -0.3 is 35.6 Å². The number of nitrogens with one attached hydrogen (secondary N) is 2. The molecule has 0 aliphatic carbocycles. The molecule has 6 rings (SSSR count). The number of nitrogens with zero attached hydrogens (tertiary/aromatic N) is 5. The zero-order valence-electron chi connectivity index (χ0n) is 22.3. The van der Waals surface area contributed by atoms with Crippen molar-refractivity contribution in [2.45, 2.75) is 42.9 Å². The molecule has 4 heterocycles. The second-order valence-electron chi connectivity index (χ2n) is 10.4. The summed E-state index contributed by atoms with van der Waals surface area (Å²) in [4.78, 5) is 16.5. The summed E-state index contributed by atoms with van der Waals surface area (Å²) < 4.78 is 7.43. The van der Waals surface area contributed by atoms with Crippen LogP contribution in [-0.4, -0.2) is 92.5 Å². The Labute approximate surface area is 232 Å². The predicted octanol–water partition coefficient (Wildman–Crippen LogP) is 1.48. The minimum Gasteiger partial charge on any atom is -0.394 e. The molecule has 5 atom stereocenters. The molecule has 0 amide bonds. The van der Waals surface area contributed by atoms with E-state index in [1.54, 1.807) is 10.9 Å². The Hall–Kier alpha value is -3.61. The highest BCUT2D eigenvalue weighted by atomic mass is 16.6. The van der Waals surface area contributed by atoms with Crippen molar-refractivity contribution < 1.29 is 20.1 Å². The minimum absolute atomic E-state index is 0.0684. The van der Waals surface area contributed by atoms with Gasteiger partial charge in [-0.3, -0.25) is 4.57 Å². The summed E-state index contributed by atoms with van der Waals surface area (Å²) in [5.74, 6) is 1.20. The molecule has 4 aromatic rings. The summed E-state index contributed by atoms with van der Waals surface area (Å²) in [5, 5.41) is 37.6.